The van der Waals surface area contributed by atoms with E-state index in [0.717, 1.165) is 28.4 Å². The molecule has 1 N–H and O–H groups in total. The van der Waals surface area contributed by atoms with Gasteiger partial charge in [-0.05, 0) is 61.1 Å². The fraction of sp³-hybridized carbons (Fsp3) is 0.433. The van der Waals surface area contributed by atoms with Gasteiger partial charge in [-0.25, -0.2) is 15.1 Å². The highest BCUT2D eigenvalue weighted by Crippen LogP contribution is 2.78. The summed E-state index contributed by atoms with van der Waals surface area (Å²) >= 11 is 7.14. The quantitative estimate of drug-likeness (QED) is 0.233. The number of nitrogens with zero attached hydrogens (tertiary/aromatic N) is 6. The first kappa shape index (κ1) is 32.2. The number of hydrogen-bond donors (Lipinski definition) is 1. The summed E-state index contributed by atoms with van der Waals surface area (Å²) in [6.45, 7) is 9.67. The van der Waals surface area contributed by atoms with E-state index in [9.17, 15) is 20.0 Å². The number of hydrazone groups is 1. The fourth-order valence-corrected chi connectivity index (χ4v) is 7.04. The predicted octanol–water partition coefficient (Wildman–Crippen LogP) is 6.10. The van der Waals surface area contributed by atoms with Crippen molar-refractivity contribution in [1.29, 1.82) is 0 Å². The topological polar surface area (TPSA) is 125 Å². The molecule has 0 bridgehead atoms. The van der Waals surface area contributed by atoms with E-state index in [0.29, 0.717) is 30.3 Å². The van der Waals surface area contributed by atoms with Gasteiger partial charge in [0, 0.05) is 18.1 Å². The molecule has 43 heavy (non-hydrogen) atoms. The number of nitro groups is 1. The summed E-state index contributed by atoms with van der Waals surface area (Å²) < 4.78 is 6.35. The maximum absolute atomic E-state index is 11.8. The third kappa shape index (κ3) is 6.61. The zero-order valence-electron chi connectivity index (χ0n) is 25.2. The number of aliphatic carboxylic acids is 1. The molecule has 0 radical (unpaired) electrons. The van der Waals surface area contributed by atoms with Crippen LogP contribution in [-0.2, 0) is 17.8 Å². The van der Waals surface area contributed by atoms with Crippen molar-refractivity contribution < 1.29 is 19.7 Å². The fourth-order valence-electron chi connectivity index (χ4n) is 6.04. The van der Waals surface area contributed by atoms with Gasteiger partial charge in [-0.1, -0.05) is 62.7 Å². The van der Waals surface area contributed by atoms with Crippen LogP contribution >= 0.6 is 22.9 Å². The van der Waals surface area contributed by atoms with Gasteiger partial charge in [-0.2, -0.15) is 0 Å². The van der Waals surface area contributed by atoms with Gasteiger partial charge in [0.05, 0.1) is 25.3 Å². The number of carbonyl (C=O) groups is 1. The minimum absolute atomic E-state index is 0.248. The standard InChI is InChI=1S/C21H24O3.C9H13ClN6O2S/c1-19(2)20(3,21(19,4)18(22)23)14-15-9-8-12-17(13-15)24-16-10-6-5-7-11-16;1-13-5-14(2)9(12-16(17)18)15(6-13)4-7-3-11-8(10)19-7/h5-13H,14H2,1-4H3,(H,22,23);3H,4-6H2,1-2H3. The summed E-state index contributed by atoms with van der Waals surface area (Å²) in [6.07, 6.45) is 2.39. The smallest absolute Gasteiger partial charge is 0.310 e. The predicted molar refractivity (Wildman–Crippen MR) is 167 cm³/mol. The second kappa shape index (κ2) is 12.5. The van der Waals surface area contributed by atoms with Crippen molar-refractivity contribution in [3.8, 4) is 11.5 Å². The zero-order chi connectivity index (χ0) is 31.6. The second-order valence-corrected chi connectivity index (χ2v) is 13.6. The minimum Gasteiger partial charge on any atom is -0.481 e. The van der Waals surface area contributed by atoms with Crippen LogP contribution in [0.25, 0.3) is 0 Å². The number of aromatic nitrogens is 1. The van der Waals surface area contributed by atoms with Crippen molar-refractivity contribution in [1.82, 2.24) is 19.7 Å². The first-order valence-corrected chi connectivity index (χ1v) is 14.9. The van der Waals surface area contributed by atoms with Gasteiger partial charge in [-0.3, -0.25) is 9.69 Å². The molecule has 0 amide bonds. The number of carboxylic acid groups (broad SMARTS) is 1. The van der Waals surface area contributed by atoms with Gasteiger partial charge in [-0.15, -0.1) is 11.3 Å². The van der Waals surface area contributed by atoms with Gasteiger partial charge < -0.3 is 19.6 Å². The Hall–Kier alpha value is -3.74. The Bertz CT molecular complexity index is 1500. The molecule has 13 heteroatoms. The molecule has 2 aromatic carbocycles. The maximum Gasteiger partial charge on any atom is 0.310 e. The molecule has 2 heterocycles. The van der Waals surface area contributed by atoms with Crippen LogP contribution < -0.4 is 4.74 Å². The molecule has 2 aliphatic rings. The monoisotopic (exact) mass is 628 g/mol. The Morgan fingerprint density at radius 3 is 2.37 bits per heavy atom. The van der Waals surface area contributed by atoms with E-state index in [2.05, 4.69) is 17.0 Å². The van der Waals surface area contributed by atoms with E-state index in [1.54, 1.807) is 18.1 Å². The zero-order valence-corrected chi connectivity index (χ0v) is 26.7. The van der Waals surface area contributed by atoms with E-state index < -0.39 is 16.4 Å². The van der Waals surface area contributed by atoms with Gasteiger partial charge in [0.2, 0.25) is 0 Å². The van der Waals surface area contributed by atoms with Crippen LogP contribution in [-0.4, -0.2) is 69.2 Å². The van der Waals surface area contributed by atoms with Crippen molar-refractivity contribution in [3.63, 3.8) is 0 Å². The first-order valence-electron chi connectivity index (χ1n) is 13.7. The molecule has 0 spiro atoms. The van der Waals surface area contributed by atoms with Crippen molar-refractivity contribution in [2.45, 2.75) is 40.7 Å². The van der Waals surface area contributed by atoms with Gasteiger partial charge in [0.25, 0.3) is 5.96 Å². The first-order chi connectivity index (χ1) is 20.2. The lowest BCUT2D eigenvalue weighted by atomic mass is 9.88. The third-order valence-electron chi connectivity index (χ3n) is 9.07. The van der Waals surface area contributed by atoms with Crippen LogP contribution in [0.1, 0.15) is 38.1 Å². The van der Waals surface area contributed by atoms with Gasteiger partial charge >= 0.3 is 5.97 Å². The molecule has 5 rings (SSSR count). The van der Waals surface area contributed by atoms with E-state index in [1.165, 1.54) is 11.3 Å². The van der Waals surface area contributed by atoms with Crippen molar-refractivity contribution in [2.24, 2.45) is 21.3 Å². The lowest BCUT2D eigenvalue weighted by Gasteiger charge is -2.39. The number of halogens is 1. The average Bonchev–Trinajstić information content (AvgIpc) is 3.17. The molecule has 1 saturated carbocycles. The lowest BCUT2D eigenvalue weighted by Crippen LogP contribution is -2.55. The summed E-state index contributed by atoms with van der Waals surface area (Å²) in [5.41, 5.74) is -0.140. The molecular weight excluding hydrogens is 592 g/mol. The molecule has 2 fully saturated rings. The van der Waals surface area contributed by atoms with Crippen molar-refractivity contribution in [2.75, 3.05) is 27.4 Å². The number of hydrogen-bond acceptors (Lipinski definition) is 7. The molecule has 1 saturated heterocycles. The van der Waals surface area contributed by atoms with Crippen molar-refractivity contribution in [3.05, 3.63) is 85.8 Å². The number of carboxylic acids is 1. The Kier molecular flexibility index (Phi) is 9.33. The van der Waals surface area contributed by atoms with Crippen LogP contribution in [0.15, 0.2) is 65.9 Å². The number of rotatable bonds is 8. The second-order valence-electron chi connectivity index (χ2n) is 11.9. The van der Waals surface area contributed by atoms with Crippen LogP contribution in [0.2, 0.25) is 4.47 Å². The van der Waals surface area contributed by atoms with E-state index in [-0.39, 0.29) is 10.8 Å². The lowest BCUT2D eigenvalue weighted by molar-refractivity contribution is -0.486. The largest absolute Gasteiger partial charge is 0.481 e. The minimum atomic E-state index is -0.716. The van der Waals surface area contributed by atoms with Crippen LogP contribution in [0.3, 0.4) is 0 Å². The van der Waals surface area contributed by atoms with E-state index in [4.69, 9.17) is 16.3 Å². The SMILES string of the molecule is CC1(C)C(C)(Cc2cccc(Oc3ccccc3)c2)C1(C)C(=O)O.CN1CN(C)C(=N[N+](=O)[O-])N(Cc2cnc(Cl)s2)C1. The van der Waals surface area contributed by atoms with Crippen LogP contribution in [0, 0.1) is 26.4 Å². The Labute approximate surface area is 260 Å². The number of para-hydroxylation sites is 1. The summed E-state index contributed by atoms with van der Waals surface area (Å²) in [6, 6.07) is 17.6. The molecule has 3 aromatic rings. The highest BCUT2D eigenvalue weighted by molar-refractivity contribution is 7.15. The molecule has 230 valence electrons. The maximum atomic E-state index is 11.8. The normalized spacial score (nSPS) is 23.8. The highest BCUT2D eigenvalue weighted by atomic mass is 35.5. The van der Waals surface area contributed by atoms with E-state index in [1.807, 2.05) is 92.2 Å². The number of ether oxygens (including phenoxy) is 1. The highest BCUT2D eigenvalue weighted by Gasteiger charge is 2.80. The number of thiazole rings is 1. The molecule has 2 atom stereocenters. The Balaban J connectivity index is 0.000000203. The van der Waals surface area contributed by atoms with Gasteiger partial charge in [0.15, 0.2) is 9.50 Å². The molecular formula is C30H37ClN6O5S. The van der Waals surface area contributed by atoms with E-state index >= 15 is 0 Å². The average molecular weight is 629 g/mol. The summed E-state index contributed by atoms with van der Waals surface area (Å²) in [7, 11) is 3.71. The summed E-state index contributed by atoms with van der Waals surface area (Å²) in [5, 5.41) is 23.1. The van der Waals surface area contributed by atoms with Gasteiger partial charge in [0.1, 0.15) is 16.6 Å². The van der Waals surface area contributed by atoms with Crippen LogP contribution in [0.4, 0.5) is 0 Å². The third-order valence-corrected chi connectivity index (χ3v) is 10.2. The summed E-state index contributed by atoms with van der Waals surface area (Å²) in [4.78, 5) is 32.9. The molecule has 11 nitrogen and oxygen atoms in total. The summed E-state index contributed by atoms with van der Waals surface area (Å²) in [5.74, 6) is 1.19. The molecule has 2 unspecified atom stereocenters. The number of guanidine groups is 1. The Morgan fingerprint density at radius 2 is 1.79 bits per heavy atom. The van der Waals surface area contributed by atoms with Crippen LogP contribution in [0.5, 0.6) is 11.5 Å². The molecule has 1 aromatic heterocycles. The number of benzene rings is 2. The molecule has 1 aliphatic carbocycles. The Morgan fingerprint density at radius 1 is 1.12 bits per heavy atom. The van der Waals surface area contributed by atoms with Crippen molar-refractivity contribution >= 4 is 34.9 Å². The molecule has 1 aliphatic heterocycles.